The van der Waals surface area contributed by atoms with E-state index >= 15 is 0 Å². The van der Waals surface area contributed by atoms with Crippen LogP contribution in [-0.4, -0.2) is 37.7 Å². The van der Waals surface area contributed by atoms with Crippen LogP contribution in [0.5, 0.6) is 11.5 Å². The highest BCUT2D eigenvalue weighted by Gasteiger charge is 2.17. The van der Waals surface area contributed by atoms with E-state index in [4.69, 9.17) is 14.2 Å². The molecule has 0 aliphatic heterocycles. The number of hydrogen-bond acceptors (Lipinski definition) is 7. The standard InChI is InChI=1S/C23H22N2O5S/c1-4-30-20(26)13-10-15-8-11-16(12-9-15)24-22(27)18-14-31-23(25-18)17-6-5-7-19(28-2)21(17)29-3/h5-14H,4H2,1-3H3,(H,24,27)/b13-10+. The molecule has 160 valence electrons. The van der Waals surface area contributed by atoms with Crippen molar-refractivity contribution in [3.8, 4) is 22.1 Å². The zero-order valence-electron chi connectivity index (χ0n) is 17.4. The van der Waals surface area contributed by atoms with Crippen molar-refractivity contribution in [2.24, 2.45) is 0 Å². The summed E-state index contributed by atoms with van der Waals surface area (Å²) in [6.07, 6.45) is 3.01. The zero-order chi connectivity index (χ0) is 22.2. The van der Waals surface area contributed by atoms with Gasteiger partial charge in [-0.05, 0) is 42.8 Å². The van der Waals surface area contributed by atoms with E-state index in [1.807, 2.05) is 12.1 Å². The lowest BCUT2D eigenvalue weighted by Crippen LogP contribution is -2.12. The molecular weight excluding hydrogens is 416 g/mol. The number of carbonyl (C=O) groups is 2. The second-order valence-corrected chi connectivity index (χ2v) is 7.10. The first kappa shape index (κ1) is 22.0. The van der Waals surface area contributed by atoms with Crippen LogP contribution in [0.1, 0.15) is 23.0 Å². The first-order valence-corrected chi connectivity index (χ1v) is 10.4. The quantitative estimate of drug-likeness (QED) is 0.407. The summed E-state index contributed by atoms with van der Waals surface area (Å²) in [7, 11) is 3.13. The van der Waals surface area contributed by atoms with Gasteiger partial charge in [-0.15, -0.1) is 11.3 Å². The van der Waals surface area contributed by atoms with Gasteiger partial charge in [-0.1, -0.05) is 18.2 Å². The molecule has 0 saturated heterocycles. The molecule has 0 radical (unpaired) electrons. The maximum absolute atomic E-state index is 12.6. The number of nitrogens with one attached hydrogen (secondary N) is 1. The van der Waals surface area contributed by atoms with Crippen molar-refractivity contribution >= 4 is 35.0 Å². The van der Waals surface area contributed by atoms with Gasteiger partial charge in [-0.25, -0.2) is 9.78 Å². The highest BCUT2D eigenvalue weighted by atomic mass is 32.1. The number of methoxy groups -OCH3 is 2. The van der Waals surface area contributed by atoms with Crippen molar-refractivity contribution in [2.45, 2.75) is 6.92 Å². The van der Waals surface area contributed by atoms with Crippen molar-refractivity contribution in [1.29, 1.82) is 0 Å². The normalized spacial score (nSPS) is 10.7. The van der Waals surface area contributed by atoms with E-state index in [9.17, 15) is 9.59 Å². The maximum Gasteiger partial charge on any atom is 0.330 e. The minimum atomic E-state index is -0.396. The Balaban J connectivity index is 1.70. The number of benzene rings is 2. The minimum absolute atomic E-state index is 0.302. The van der Waals surface area contributed by atoms with Crippen molar-refractivity contribution in [3.63, 3.8) is 0 Å². The Labute approximate surface area is 184 Å². The molecular formula is C23H22N2O5S. The van der Waals surface area contributed by atoms with Crippen LogP contribution in [0.25, 0.3) is 16.6 Å². The van der Waals surface area contributed by atoms with Gasteiger partial charge in [0.25, 0.3) is 5.91 Å². The third-order valence-electron chi connectivity index (χ3n) is 4.24. The molecule has 0 spiro atoms. The van der Waals surface area contributed by atoms with Gasteiger partial charge < -0.3 is 19.5 Å². The van der Waals surface area contributed by atoms with Crippen molar-refractivity contribution in [3.05, 3.63) is 65.2 Å². The van der Waals surface area contributed by atoms with E-state index in [0.29, 0.717) is 34.5 Å². The fraction of sp³-hybridized carbons (Fsp3) is 0.174. The first-order valence-electron chi connectivity index (χ1n) is 9.48. The first-order chi connectivity index (χ1) is 15.0. The summed E-state index contributed by atoms with van der Waals surface area (Å²) < 4.78 is 15.6. The van der Waals surface area contributed by atoms with Crippen LogP contribution in [0.15, 0.2) is 53.9 Å². The fourth-order valence-corrected chi connectivity index (χ4v) is 3.61. The van der Waals surface area contributed by atoms with E-state index in [-0.39, 0.29) is 5.91 Å². The minimum Gasteiger partial charge on any atom is -0.493 e. The Morgan fingerprint density at radius 1 is 1.10 bits per heavy atom. The number of thiazole rings is 1. The third-order valence-corrected chi connectivity index (χ3v) is 5.11. The molecule has 7 nitrogen and oxygen atoms in total. The Morgan fingerprint density at radius 2 is 1.87 bits per heavy atom. The summed E-state index contributed by atoms with van der Waals surface area (Å²) in [5.74, 6) is 0.446. The monoisotopic (exact) mass is 438 g/mol. The van der Waals surface area contributed by atoms with Gasteiger partial charge in [-0.3, -0.25) is 4.79 Å². The number of ether oxygens (including phenoxy) is 3. The van der Waals surface area contributed by atoms with Crippen LogP contribution in [0, 0.1) is 0 Å². The summed E-state index contributed by atoms with van der Waals surface area (Å²) in [4.78, 5) is 28.4. The number of aromatic nitrogens is 1. The van der Waals surface area contributed by atoms with E-state index in [0.717, 1.165) is 11.1 Å². The Morgan fingerprint density at radius 3 is 2.55 bits per heavy atom. The maximum atomic E-state index is 12.6. The lowest BCUT2D eigenvalue weighted by atomic mass is 10.2. The topological polar surface area (TPSA) is 86.8 Å². The molecule has 0 fully saturated rings. The molecule has 0 saturated carbocycles. The van der Waals surface area contributed by atoms with Crippen molar-refractivity contribution in [1.82, 2.24) is 4.98 Å². The van der Waals surface area contributed by atoms with E-state index in [1.54, 1.807) is 62.9 Å². The molecule has 1 N–H and O–H groups in total. The highest BCUT2D eigenvalue weighted by molar-refractivity contribution is 7.13. The molecule has 0 aliphatic rings. The van der Waals surface area contributed by atoms with Gasteiger partial charge in [0.15, 0.2) is 11.5 Å². The summed E-state index contributed by atoms with van der Waals surface area (Å²) in [6, 6.07) is 12.6. The molecule has 2 aromatic carbocycles. The van der Waals surface area contributed by atoms with Gasteiger partial charge in [0.2, 0.25) is 0 Å². The molecule has 1 heterocycles. The lowest BCUT2D eigenvalue weighted by Gasteiger charge is -2.10. The summed E-state index contributed by atoms with van der Waals surface area (Å²) >= 11 is 1.35. The number of nitrogens with zero attached hydrogens (tertiary/aromatic N) is 1. The smallest absolute Gasteiger partial charge is 0.330 e. The van der Waals surface area contributed by atoms with Gasteiger partial charge >= 0.3 is 5.97 Å². The Bertz CT molecular complexity index is 1090. The predicted octanol–water partition coefficient (Wildman–Crippen LogP) is 4.66. The number of anilines is 1. The van der Waals surface area contributed by atoms with E-state index in [2.05, 4.69) is 10.3 Å². The van der Waals surface area contributed by atoms with Gasteiger partial charge in [0, 0.05) is 17.1 Å². The Hall–Kier alpha value is -3.65. The van der Waals surface area contributed by atoms with Crippen LogP contribution in [-0.2, 0) is 9.53 Å². The highest BCUT2D eigenvalue weighted by Crippen LogP contribution is 2.39. The number of para-hydroxylation sites is 1. The van der Waals surface area contributed by atoms with E-state index in [1.165, 1.54) is 17.4 Å². The largest absolute Gasteiger partial charge is 0.493 e. The number of rotatable bonds is 8. The van der Waals surface area contributed by atoms with Crippen LogP contribution < -0.4 is 14.8 Å². The molecule has 1 aromatic heterocycles. The van der Waals surface area contributed by atoms with Gasteiger partial charge in [0.1, 0.15) is 10.7 Å². The molecule has 3 aromatic rings. The zero-order valence-corrected chi connectivity index (χ0v) is 18.2. The van der Waals surface area contributed by atoms with Crippen molar-refractivity contribution < 1.29 is 23.8 Å². The van der Waals surface area contributed by atoms with Crippen molar-refractivity contribution in [2.75, 3.05) is 26.1 Å². The SMILES string of the molecule is CCOC(=O)/C=C/c1ccc(NC(=O)c2csc(-c3cccc(OC)c3OC)n2)cc1. The molecule has 1 amide bonds. The Kier molecular flexibility index (Phi) is 7.40. The average Bonchev–Trinajstić information content (AvgIpc) is 3.28. The van der Waals surface area contributed by atoms with Crippen LogP contribution >= 0.6 is 11.3 Å². The number of esters is 1. The van der Waals surface area contributed by atoms with Gasteiger partial charge in [0.05, 0.1) is 26.4 Å². The molecule has 0 bridgehead atoms. The molecule has 8 heteroatoms. The second kappa shape index (κ2) is 10.4. The number of carbonyl (C=O) groups excluding carboxylic acids is 2. The van der Waals surface area contributed by atoms with E-state index < -0.39 is 5.97 Å². The molecule has 0 unspecified atom stereocenters. The van der Waals surface area contributed by atoms with Crippen LogP contribution in [0.3, 0.4) is 0 Å². The lowest BCUT2D eigenvalue weighted by molar-refractivity contribution is -0.137. The predicted molar refractivity (Wildman–Crippen MR) is 121 cm³/mol. The summed E-state index contributed by atoms with van der Waals surface area (Å²) in [5, 5.41) is 5.17. The van der Waals surface area contributed by atoms with Gasteiger partial charge in [-0.2, -0.15) is 0 Å². The fourth-order valence-electron chi connectivity index (χ4n) is 2.78. The number of amides is 1. The van der Waals surface area contributed by atoms with Crippen LogP contribution in [0.2, 0.25) is 0 Å². The second-order valence-electron chi connectivity index (χ2n) is 6.24. The average molecular weight is 439 g/mol. The molecule has 0 atom stereocenters. The third kappa shape index (κ3) is 5.49. The summed E-state index contributed by atoms with van der Waals surface area (Å²) in [5.41, 5.74) is 2.48. The number of hydrogen-bond donors (Lipinski definition) is 1. The molecule has 3 rings (SSSR count). The summed E-state index contributed by atoms with van der Waals surface area (Å²) in [6.45, 7) is 2.08. The molecule has 0 aliphatic carbocycles. The molecule has 31 heavy (non-hydrogen) atoms. The van der Waals surface area contributed by atoms with Crippen LogP contribution in [0.4, 0.5) is 5.69 Å².